The molecule has 0 amide bonds. The van der Waals surface area contributed by atoms with Crippen LogP contribution in [-0.2, 0) is 9.53 Å². The van der Waals surface area contributed by atoms with Gasteiger partial charge in [-0.15, -0.1) is 10.2 Å². The molecule has 1 N–H and O–H groups in total. The first-order valence-corrected chi connectivity index (χ1v) is 10.6. The highest BCUT2D eigenvalue weighted by atomic mass is 32.2. The number of nitrogens with one attached hydrogen (secondary N) is 1. The Morgan fingerprint density at radius 1 is 1.31 bits per heavy atom. The maximum atomic E-state index is 11.4. The van der Waals surface area contributed by atoms with Gasteiger partial charge in [0, 0.05) is 11.4 Å². The number of esters is 1. The molecular formula is C15H20N6O2S3. The fraction of sp³-hybridized carbons (Fsp3) is 0.467. The van der Waals surface area contributed by atoms with Gasteiger partial charge in [-0.2, -0.15) is 5.10 Å². The number of ether oxygens (including phenoxy) is 1. The monoisotopic (exact) mass is 412 g/mol. The largest absolute Gasteiger partial charge is 0.466 e. The lowest BCUT2D eigenvalue weighted by Crippen LogP contribution is -2.10. The number of carbonyl (C=O) groups is 1. The third-order valence-electron chi connectivity index (χ3n) is 2.73. The van der Waals surface area contributed by atoms with Gasteiger partial charge < -0.3 is 4.74 Å². The summed E-state index contributed by atoms with van der Waals surface area (Å²) in [6.07, 6.45) is 0.122. The van der Waals surface area contributed by atoms with E-state index in [2.05, 4.69) is 37.6 Å². The lowest BCUT2D eigenvalue weighted by molar-refractivity contribution is -0.141. The summed E-state index contributed by atoms with van der Waals surface area (Å²) in [7, 11) is 0. The quantitative estimate of drug-likeness (QED) is 0.217. The minimum absolute atomic E-state index is 0.122. The van der Waals surface area contributed by atoms with Crippen molar-refractivity contribution in [1.82, 2.24) is 20.2 Å². The first-order chi connectivity index (χ1) is 12.5. The van der Waals surface area contributed by atoms with Gasteiger partial charge in [-0.3, -0.25) is 4.79 Å². The van der Waals surface area contributed by atoms with Gasteiger partial charge in [-0.05, 0) is 44.4 Å². The van der Waals surface area contributed by atoms with Crippen LogP contribution in [-0.4, -0.2) is 44.2 Å². The highest BCUT2D eigenvalue weighted by molar-refractivity contribution is 8.03. The van der Waals surface area contributed by atoms with Crippen LogP contribution in [0.15, 0.2) is 24.9 Å². The van der Waals surface area contributed by atoms with Crippen LogP contribution in [0.3, 0.4) is 0 Å². The smallest absolute Gasteiger partial charge is 0.311 e. The first-order valence-electron chi connectivity index (χ1n) is 7.94. The molecule has 26 heavy (non-hydrogen) atoms. The van der Waals surface area contributed by atoms with Gasteiger partial charge in [0.25, 0.3) is 0 Å². The van der Waals surface area contributed by atoms with Crippen LogP contribution < -0.4 is 5.43 Å². The van der Waals surface area contributed by atoms with Gasteiger partial charge in [0.05, 0.1) is 13.0 Å². The second-order valence-corrected chi connectivity index (χ2v) is 8.74. The van der Waals surface area contributed by atoms with Crippen molar-refractivity contribution >= 4 is 52.5 Å². The van der Waals surface area contributed by atoms with E-state index >= 15 is 0 Å². The number of hydrogen-bond acceptors (Lipinski definition) is 11. The van der Waals surface area contributed by atoms with Crippen molar-refractivity contribution in [2.45, 2.75) is 47.8 Å². The van der Waals surface area contributed by atoms with Crippen LogP contribution in [0.25, 0.3) is 0 Å². The fourth-order valence-corrected chi connectivity index (χ4v) is 4.68. The van der Waals surface area contributed by atoms with Crippen LogP contribution in [0.4, 0.5) is 5.95 Å². The molecule has 0 bridgehead atoms. The Labute approximate surface area is 164 Å². The number of hydrazone groups is 1. The summed E-state index contributed by atoms with van der Waals surface area (Å²) in [5.41, 5.74) is 4.18. The Morgan fingerprint density at radius 3 is 2.81 bits per heavy atom. The van der Waals surface area contributed by atoms with E-state index in [0.29, 0.717) is 18.3 Å². The Morgan fingerprint density at radius 2 is 2.08 bits per heavy atom. The first kappa shape index (κ1) is 20.6. The Balaban J connectivity index is 2.02. The topological polar surface area (TPSA) is 102 Å². The van der Waals surface area contributed by atoms with E-state index in [1.165, 1.54) is 23.1 Å². The van der Waals surface area contributed by atoms with Crippen molar-refractivity contribution in [3.8, 4) is 0 Å². The molecule has 0 saturated carbocycles. The molecule has 0 radical (unpaired) electrons. The predicted octanol–water partition coefficient (Wildman–Crippen LogP) is 3.64. The molecule has 0 aliphatic rings. The number of aromatic nitrogens is 4. The summed E-state index contributed by atoms with van der Waals surface area (Å²) in [5.74, 6) is 1.01. The molecule has 2 heterocycles. The summed E-state index contributed by atoms with van der Waals surface area (Å²) >= 11 is 4.63. The van der Waals surface area contributed by atoms with E-state index in [9.17, 15) is 4.79 Å². The highest BCUT2D eigenvalue weighted by Gasteiger charge is 2.10. The van der Waals surface area contributed by atoms with Crippen molar-refractivity contribution in [2.75, 3.05) is 17.8 Å². The summed E-state index contributed by atoms with van der Waals surface area (Å²) in [5, 5.41) is 13.2. The van der Waals surface area contributed by atoms with Crippen LogP contribution in [0, 0.1) is 6.92 Å². The van der Waals surface area contributed by atoms with E-state index in [0.717, 1.165) is 25.2 Å². The summed E-state index contributed by atoms with van der Waals surface area (Å²) in [6, 6.07) is 1.87. The van der Waals surface area contributed by atoms with Crippen molar-refractivity contribution in [3.05, 3.63) is 11.8 Å². The molecule has 0 spiro atoms. The maximum Gasteiger partial charge on any atom is 0.311 e. The van der Waals surface area contributed by atoms with Crippen molar-refractivity contribution < 1.29 is 9.53 Å². The van der Waals surface area contributed by atoms with Gasteiger partial charge >= 0.3 is 5.97 Å². The SMILES string of the molecule is CCOC(=O)CC(C)=NNc1nc(C)cc(Sc2nnc(SCC)s2)n1. The molecular weight excluding hydrogens is 392 g/mol. The van der Waals surface area contributed by atoms with Crippen LogP contribution in [0.2, 0.25) is 0 Å². The molecule has 2 rings (SSSR count). The number of nitrogens with zero attached hydrogens (tertiary/aromatic N) is 5. The second-order valence-electron chi connectivity index (χ2n) is 4.98. The Kier molecular flexibility index (Phi) is 8.26. The van der Waals surface area contributed by atoms with E-state index in [-0.39, 0.29) is 12.4 Å². The Bertz CT molecular complexity index is 780. The normalized spacial score (nSPS) is 11.5. The zero-order chi connectivity index (χ0) is 18.9. The summed E-state index contributed by atoms with van der Waals surface area (Å²) in [4.78, 5) is 20.2. The van der Waals surface area contributed by atoms with Gasteiger partial charge in [0.2, 0.25) is 5.95 Å². The van der Waals surface area contributed by atoms with E-state index in [4.69, 9.17) is 4.74 Å². The molecule has 2 aromatic rings. The van der Waals surface area contributed by atoms with Gasteiger partial charge in [0.1, 0.15) is 5.03 Å². The van der Waals surface area contributed by atoms with E-state index in [1.807, 2.05) is 13.0 Å². The molecule has 0 aliphatic heterocycles. The lowest BCUT2D eigenvalue weighted by Gasteiger charge is -2.05. The average molecular weight is 413 g/mol. The molecule has 0 atom stereocenters. The molecule has 0 fully saturated rings. The van der Waals surface area contributed by atoms with Gasteiger partial charge in [-0.1, -0.05) is 30.0 Å². The molecule has 0 aromatic carbocycles. The van der Waals surface area contributed by atoms with Crippen molar-refractivity contribution in [1.29, 1.82) is 0 Å². The number of hydrogen-bond donors (Lipinski definition) is 1. The molecule has 0 saturated heterocycles. The van der Waals surface area contributed by atoms with Crippen LogP contribution in [0.5, 0.6) is 0 Å². The predicted molar refractivity (Wildman–Crippen MR) is 105 cm³/mol. The number of thioether (sulfide) groups is 1. The average Bonchev–Trinajstić information content (AvgIpc) is 3.00. The summed E-state index contributed by atoms with van der Waals surface area (Å²) in [6.45, 7) is 7.82. The van der Waals surface area contributed by atoms with E-state index < -0.39 is 0 Å². The van der Waals surface area contributed by atoms with Crippen molar-refractivity contribution in [2.24, 2.45) is 5.10 Å². The highest BCUT2D eigenvalue weighted by Crippen LogP contribution is 2.32. The minimum atomic E-state index is -0.311. The maximum absolute atomic E-state index is 11.4. The number of aryl methyl sites for hydroxylation is 1. The molecule has 11 heteroatoms. The van der Waals surface area contributed by atoms with Gasteiger partial charge in [0.15, 0.2) is 8.68 Å². The Hall–Kier alpha value is -1.72. The van der Waals surface area contributed by atoms with Crippen molar-refractivity contribution in [3.63, 3.8) is 0 Å². The number of rotatable bonds is 9. The third kappa shape index (κ3) is 6.89. The second kappa shape index (κ2) is 10.4. The molecule has 0 aliphatic carbocycles. The van der Waals surface area contributed by atoms with Gasteiger partial charge in [-0.25, -0.2) is 15.4 Å². The number of carbonyl (C=O) groups excluding carboxylic acids is 1. The minimum Gasteiger partial charge on any atom is -0.466 e. The standard InChI is InChI=1S/C15H20N6O2S3/c1-5-23-12(22)8-10(4)18-19-13-16-9(3)7-11(17-13)25-15-21-20-14(26-15)24-6-2/h7H,5-6,8H2,1-4H3,(H,16,17,19). The van der Waals surface area contributed by atoms with E-state index in [1.54, 1.807) is 25.6 Å². The third-order valence-corrected chi connectivity index (χ3v) is 5.64. The fourth-order valence-electron chi connectivity index (χ4n) is 1.76. The zero-order valence-corrected chi connectivity index (χ0v) is 17.4. The molecule has 2 aromatic heterocycles. The lowest BCUT2D eigenvalue weighted by atomic mass is 10.3. The molecule has 0 unspecified atom stereocenters. The van der Waals surface area contributed by atoms with Crippen LogP contribution >= 0.6 is 34.9 Å². The number of anilines is 1. The van der Waals surface area contributed by atoms with Crippen LogP contribution in [0.1, 0.15) is 32.9 Å². The molecule has 140 valence electrons. The molecule has 8 nitrogen and oxygen atoms in total. The summed E-state index contributed by atoms with van der Waals surface area (Å²) < 4.78 is 6.66. The zero-order valence-electron chi connectivity index (χ0n) is 15.0.